The van der Waals surface area contributed by atoms with Gasteiger partial charge in [-0.2, -0.15) is 0 Å². The molecule has 4 nitrogen and oxygen atoms in total. The molecule has 0 bridgehead atoms. The van der Waals surface area contributed by atoms with E-state index in [1.54, 1.807) is 0 Å². The van der Waals surface area contributed by atoms with Crippen LogP contribution < -0.4 is 10.6 Å². The average Bonchev–Trinajstić information content (AvgIpc) is 2.80. The van der Waals surface area contributed by atoms with Crippen molar-refractivity contribution in [3.63, 3.8) is 0 Å². The number of rotatable bonds is 3. The number of aliphatic hydroxyl groups excluding tert-OH is 1. The fraction of sp³-hybridized carbons (Fsp3) is 0.900. The first-order valence-electron chi connectivity index (χ1n) is 5.33. The topological polar surface area (TPSA) is 61.4 Å². The average molecular weight is 198 g/mol. The van der Waals surface area contributed by atoms with Crippen molar-refractivity contribution in [1.29, 1.82) is 0 Å². The number of nitrogens with one attached hydrogen (secondary N) is 2. The number of carbonyl (C=O) groups is 1. The lowest BCUT2D eigenvalue weighted by Crippen LogP contribution is -2.49. The maximum Gasteiger partial charge on any atom is 0.237 e. The molecule has 2 rings (SSSR count). The highest BCUT2D eigenvalue weighted by atomic mass is 16.3. The van der Waals surface area contributed by atoms with E-state index in [9.17, 15) is 4.79 Å². The van der Waals surface area contributed by atoms with E-state index in [2.05, 4.69) is 17.6 Å². The Kier molecular flexibility index (Phi) is 2.49. The summed E-state index contributed by atoms with van der Waals surface area (Å²) in [7, 11) is 0. The Bertz CT molecular complexity index is 238. The van der Waals surface area contributed by atoms with Crippen molar-refractivity contribution in [3.05, 3.63) is 0 Å². The van der Waals surface area contributed by atoms with Crippen LogP contribution in [0.25, 0.3) is 0 Å². The summed E-state index contributed by atoms with van der Waals surface area (Å²) >= 11 is 0. The molecule has 14 heavy (non-hydrogen) atoms. The Morgan fingerprint density at radius 1 is 1.64 bits per heavy atom. The summed E-state index contributed by atoms with van der Waals surface area (Å²) in [5.74, 6) is 0.464. The SMILES string of the molecule is CC1CCNC1C(=O)NC1(CO)CC1. The van der Waals surface area contributed by atoms with E-state index in [4.69, 9.17) is 5.11 Å². The molecule has 2 atom stereocenters. The molecule has 1 amide bonds. The van der Waals surface area contributed by atoms with Gasteiger partial charge < -0.3 is 15.7 Å². The Balaban J connectivity index is 1.89. The molecule has 0 aromatic heterocycles. The molecular formula is C10H18N2O2. The van der Waals surface area contributed by atoms with Crippen molar-refractivity contribution in [2.45, 2.75) is 37.8 Å². The zero-order valence-electron chi connectivity index (χ0n) is 8.55. The maximum absolute atomic E-state index is 11.8. The standard InChI is InChI=1S/C10H18N2O2/c1-7-2-5-11-8(7)9(14)12-10(6-13)3-4-10/h7-8,11,13H,2-6H2,1H3,(H,12,14). The van der Waals surface area contributed by atoms with E-state index in [1.165, 1.54) is 0 Å². The molecule has 0 aromatic carbocycles. The van der Waals surface area contributed by atoms with Gasteiger partial charge in [-0.15, -0.1) is 0 Å². The van der Waals surface area contributed by atoms with Crippen LogP contribution >= 0.6 is 0 Å². The third-order valence-electron chi connectivity index (χ3n) is 3.36. The molecule has 4 heteroatoms. The number of hydrogen-bond donors (Lipinski definition) is 3. The van der Waals surface area contributed by atoms with Gasteiger partial charge in [-0.05, 0) is 31.7 Å². The van der Waals surface area contributed by atoms with Gasteiger partial charge in [0.2, 0.25) is 5.91 Å². The number of carbonyl (C=O) groups excluding carboxylic acids is 1. The van der Waals surface area contributed by atoms with E-state index < -0.39 is 0 Å². The molecule has 3 N–H and O–H groups in total. The van der Waals surface area contributed by atoms with Crippen molar-refractivity contribution >= 4 is 5.91 Å². The smallest absolute Gasteiger partial charge is 0.237 e. The minimum absolute atomic E-state index is 0.0565. The zero-order valence-corrected chi connectivity index (χ0v) is 8.55. The van der Waals surface area contributed by atoms with Gasteiger partial charge in [-0.1, -0.05) is 6.92 Å². The molecule has 0 spiro atoms. The highest BCUT2D eigenvalue weighted by Crippen LogP contribution is 2.34. The van der Waals surface area contributed by atoms with Crippen LogP contribution in [-0.4, -0.2) is 35.7 Å². The number of aliphatic hydroxyl groups is 1. The second-order valence-electron chi connectivity index (χ2n) is 4.63. The van der Waals surface area contributed by atoms with Crippen molar-refractivity contribution in [1.82, 2.24) is 10.6 Å². The van der Waals surface area contributed by atoms with Gasteiger partial charge in [-0.3, -0.25) is 4.79 Å². The fourth-order valence-electron chi connectivity index (χ4n) is 2.00. The third kappa shape index (κ3) is 1.77. The molecular weight excluding hydrogens is 180 g/mol. The van der Waals surface area contributed by atoms with Gasteiger partial charge in [0, 0.05) is 0 Å². The summed E-state index contributed by atoms with van der Waals surface area (Å²) in [5.41, 5.74) is -0.277. The van der Waals surface area contributed by atoms with Crippen molar-refractivity contribution < 1.29 is 9.90 Å². The molecule has 1 aliphatic carbocycles. The lowest BCUT2D eigenvalue weighted by molar-refractivity contribution is -0.124. The lowest BCUT2D eigenvalue weighted by atomic mass is 10.0. The Hall–Kier alpha value is -0.610. The van der Waals surface area contributed by atoms with Crippen molar-refractivity contribution in [3.8, 4) is 0 Å². The van der Waals surface area contributed by atoms with Crippen LogP contribution in [0.15, 0.2) is 0 Å². The molecule has 0 aromatic rings. The van der Waals surface area contributed by atoms with E-state index >= 15 is 0 Å². The lowest BCUT2D eigenvalue weighted by Gasteiger charge is -2.20. The fourth-order valence-corrected chi connectivity index (χ4v) is 2.00. The quantitative estimate of drug-likeness (QED) is 0.579. The maximum atomic E-state index is 11.8. The molecule has 2 fully saturated rings. The summed E-state index contributed by atoms with van der Waals surface area (Å²) in [4.78, 5) is 11.8. The number of amides is 1. The van der Waals surface area contributed by atoms with E-state index in [0.29, 0.717) is 5.92 Å². The van der Waals surface area contributed by atoms with Crippen molar-refractivity contribution in [2.24, 2.45) is 5.92 Å². The summed E-state index contributed by atoms with van der Waals surface area (Å²) < 4.78 is 0. The molecule has 2 aliphatic rings. The zero-order chi connectivity index (χ0) is 10.2. The Morgan fingerprint density at radius 2 is 2.36 bits per heavy atom. The highest BCUT2D eigenvalue weighted by molar-refractivity contribution is 5.83. The Morgan fingerprint density at radius 3 is 2.79 bits per heavy atom. The van der Waals surface area contributed by atoms with Crippen LogP contribution in [-0.2, 0) is 4.79 Å². The van der Waals surface area contributed by atoms with E-state index in [0.717, 1.165) is 25.8 Å². The molecule has 1 aliphatic heterocycles. The van der Waals surface area contributed by atoms with Gasteiger partial charge in [0.1, 0.15) is 0 Å². The summed E-state index contributed by atoms with van der Waals surface area (Å²) in [5, 5.41) is 15.2. The van der Waals surface area contributed by atoms with Crippen LogP contribution in [0.4, 0.5) is 0 Å². The van der Waals surface area contributed by atoms with Crippen LogP contribution in [0.2, 0.25) is 0 Å². The third-order valence-corrected chi connectivity index (χ3v) is 3.36. The van der Waals surface area contributed by atoms with Crippen LogP contribution in [0.3, 0.4) is 0 Å². The molecule has 80 valence electrons. The second kappa shape index (κ2) is 3.51. The van der Waals surface area contributed by atoms with E-state index in [-0.39, 0.29) is 24.1 Å². The van der Waals surface area contributed by atoms with Crippen molar-refractivity contribution in [2.75, 3.05) is 13.2 Å². The van der Waals surface area contributed by atoms with E-state index in [1.807, 2.05) is 0 Å². The predicted molar refractivity (Wildman–Crippen MR) is 52.8 cm³/mol. The normalized spacial score (nSPS) is 34.1. The number of hydrogen-bond acceptors (Lipinski definition) is 3. The predicted octanol–water partition coefficient (Wildman–Crippen LogP) is -0.374. The van der Waals surface area contributed by atoms with Gasteiger partial charge in [0.05, 0.1) is 18.2 Å². The summed E-state index contributed by atoms with van der Waals surface area (Å²) in [6.07, 6.45) is 2.89. The van der Waals surface area contributed by atoms with Crippen LogP contribution in [0, 0.1) is 5.92 Å². The largest absolute Gasteiger partial charge is 0.394 e. The summed E-state index contributed by atoms with van der Waals surface area (Å²) in [6.45, 7) is 3.08. The van der Waals surface area contributed by atoms with Gasteiger partial charge in [-0.25, -0.2) is 0 Å². The molecule has 1 saturated heterocycles. The Labute approximate surface area is 84.1 Å². The molecule has 2 unspecified atom stereocenters. The summed E-state index contributed by atoms with van der Waals surface area (Å²) in [6, 6.07) is -0.0565. The second-order valence-corrected chi connectivity index (χ2v) is 4.63. The monoisotopic (exact) mass is 198 g/mol. The first-order valence-corrected chi connectivity index (χ1v) is 5.33. The molecule has 1 heterocycles. The molecule has 1 saturated carbocycles. The van der Waals surface area contributed by atoms with Gasteiger partial charge in [0.25, 0.3) is 0 Å². The first kappa shape index (κ1) is 9.93. The van der Waals surface area contributed by atoms with Crippen LogP contribution in [0.5, 0.6) is 0 Å². The highest BCUT2D eigenvalue weighted by Gasteiger charge is 2.45. The van der Waals surface area contributed by atoms with Gasteiger partial charge >= 0.3 is 0 Å². The first-order chi connectivity index (χ1) is 6.67. The van der Waals surface area contributed by atoms with Gasteiger partial charge in [0.15, 0.2) is 0 Å². The minimum atomic E-state index is -0.277. The molecule has 0 radical (unpaired) electrons. The van der Waals surface area contributed by atoms with Crippen LogP contribution in [0.1, 0.15) is 26.2 Å². The minimum Gasteiger partial charge on any atom is -0.394 e.